The lowest BCUT2D eigenvalue weighted by atomic mass is 10.0. The third-order valence-electron chi connectivity index (χ3n) is 5.45. The molecule has 10 heteroatoms. The molecule has 2 unspecified atom stereocenters. The van der Waals surface area contributed by atoms with Gasteiger partial charge in [0, 0.05) is 18.3 Å². The molecule has 1 fully saturated rings. The molecule has 2 aromatic rings. The molecule has 166 valence electrons. The van der Waals surface area contributed by atoms with Crippen LogP contribution < -0.4 is 30.5 Å². The first-order chi connectivity index (χ1) is 15.6. The van der Waals surface area contributed by atoms with E-state index in [0.717, 1.165) is 11.3 Å². The van der Waals surface area contributed by atoms with Gasteiger partial charge in [-0.05, 0) is 30.7 Å². The summed E-state index contributed by atoms with van der Waals surface area (Å²) in [7, 11) is 0. The Bertz CT molecular complexity index is 1090. The summed E-state index contributed by atoms with van der Waals surface area (Å²) >= 11 is 1.24. The van der Waals surface area contributed by atoms with Crippen LogP contribution in [0.4, 0.5) is 11.4 Å². The maximum atomic E-state index is 13.3. The first-order valence-electron chi connectivity index (χ1n) is 10.4. The first kappa shape index (κ1) is 20.8. The second-order valence-electron chi connectivity index (χ2n) is 7.64. The summed E-state index contributed by atoms with van der Waals surface area (Å²) in [5, 5.41) is 3.37. The maximum absolute atomic E-state index is 13.3. The largest absolute Gasteiger partial charge is 0.486 e. The second-order valence-corrected chi connectivity index (χ2v) is 8.59. The number of anilines is 2. The number of ether oxygens (including phenoxy) is 2. The van der Waals surface area contributed by atoms with Crippen LogP contribution in [0.3, 0.4) is 0 Å². The van der Waals surface area contributed by atoms with Gasteiger partial charge in [0.25, 0.3) is 0 Å². The van der Waals surface area contributed by atoms with Crippen molar-refractivity contribution in [3.8, 4) is 11.5 Å². The van der Waals surface area contributed by atoms with E-state index in [4.69, 9.17) is 14.5 Å². The molecule has 2 atom stereocenters. The van der Waals surface area contributed by atoms with E-state index in [1.807, 2.05) is 31.2 Å². The van der Waals surface area contributed by atoms with Crippen LogP contribution in [-0.2, 0) is 9.59 Å². The van der Waals surface area contributed by atoms with Crippen LogP contribution in [0.5, 0.6) is 11.5 Å². The molecule has 0 saturated carbocycles. The highest BCUT2D eigenvalue weighted by molar-refractivity contribution is 8.14. The summed E-state index contributed by atoms with van der Waals surface area (Å²) in [5.41, 5.74) is 8.41. The van der Waals surface area contributed by atoms with Crippen molar-refractivity contribution in [2.24, 2.45) is 10.9 Å². The van der Waals surface area contributed by atoms with Crippen LogP contribution in [-0.4, -0.2) is 48.7 Å². The monoisotopic (exact) mass is 453 g/mol. The van der Waals surface area contributed by atoms with Crippen molar-refractivity contribution in [3.05, 3.63) is 48.0 Å². The van der Waals surface area contributed by atoms with Crippen LogP contribution in [0.25, 0.3) is 0 Å². The van der Waals surface area contributed by atoms with Crippen LogP contribution >= 0.6 is 11.8 Å². The van der Waals surface area contributed by atoms with Gasteiger partial charge in [-0.25, -0.2) is 10.4 Å². The Kier molecular flexibility index (Phi) is 5.73. The Morgan fingerprint density at radius 1 is 1.22 bits per heavy atom. The SMILES string of the molecule is Cc1ccccc1N1C(=O)C2CNNC2N=C1SCC(=O)Nc1ccc2c(c1)OCCO2. The zero-order valence-electron chi connectivity index (χ0n) is 17.5. The van der Waals surface area contributed by atoms with Gasteiger partial charge < -0.3 is 14.8 Å². The summed E-state index contributed by atoms with van der Waals surface area (Å²) in [6.45, 7) is 3.46. The number of hydrazine groups is 1. The molecule has 3 aliphatic heterocycles. The Labute approximate surface area is 189 Å². The first-order valence-corrected chi connectivity index (χ1v) is 11.4. The number of para-hydroxylation sites is 1. The molecule has 0 bridgehead atoms. The Morgan fingerprint density at radius 3 is 2.88 bits per heavy atom. The Hall–Kier alpha value is -3.08. The number of thioether (sulfide) groups is 1. The molecular formula is C22H23N5O4S. The highest BCUT2D eigenvalue weighted by Crippen LogP contribution is 2.33. The van der Waals surface area contributed by atoms with E-state index in [1.165, 1.54) is 11.8 Å². The summed E-state index contributed by atoms with van der Waals surface area (Å²) in [5.74, 6) is 0.858. The van der Waals surface area contributed by atoms with Crippen LogP contribution in [0.15, 0.2) is 47.5 Å². The predicted molar refractivity (Wildman–Crippen MR) is 123 cm³/mol. The molecule has 32 heavy (non-hydrogen) atoms. The number of amidine groups is 1. The van der Waals surface area contributed by atoms with Gasteiger partial charge in [0.2, 0.25) is 11.8 Å². The fourth-order valence-electron chi connectivity index (χ4n) is 3.85. The minimum absolute atomic E-state index is 0.0356. The van der Waals surface area contributed by atoms with Crippen molar-refractivity contribution in [3.63, 3.8) is 0 Å². The smallest absolute Gasteiger partial charge is 0.241 e. The minimum Gasteiger partial charge on any atom is -0.486 e. The van der Waals surface area contributed by atoms with Gasteiger partial charge in [-0.15, -0.1) is 0 Å². The summed E-state index contributed by atoms with van der Waals surface area (Å²) in [6, 6.07) is 13.0. The lowest BCUT2D eigenvalue weighted by Crippen LogP contribution is -2.49. The molecule has 5 rings (SSSR count). The van der Waals surface area contributed by atoms with E-state index in [1.54, 1.807) is 23.1 Å². The third kappa shape index (κ3) is 4.04. The van der Waals surface area contributed by atoms with Gasteiger partial charge in [-0.3, -0.25) is 19.9 Å². The average Bonchev–Trinajstić information content (AvgIpc) is 3.28. The highest BCUT2D eigenvalue weighted by Gasteiger charge is 2.42. The number of hydrogen-bond donors (Lipinski definition) is 3. The molecule has 0 spiro atoms. The van der Waals surface area contributed by atoms with Gasteiger partial charge in [-0.2, -0.15) is 0 Å². The fourth-order valence-corrected chi connectivity index (χ4v) is 4.69. The summed E-state index contributed by atoms with van der Waals surface area (Å²) in [6.07, 6.45) is -0.342. The molecule has 2 aromatic carbocycles. The lowest BCUT2D eigenvalue weighted by Gasteiger charge is -2.33. The Morgan fingerprint density at radius 2 is 2.03 bits per heavy atom. The van der Waals surface area contributed by atoms with Crippen LogP contribution in [0.2, 0.25) is 0 Å². The molecule has 0 aliphatic carbocycles. The molecule has 2 amide bonds. The minimum atomic E-state index is -0.342. The normalized spacial score (nSPS) is 21.7. The van der Waals surface area contributed by atoms with Gasteiger partial charge in [0.1, 0.15) is 19.4 Å². The molecule has 1 saturated heterocycles. The topological polar surface area (TPSA) is 104 Å². The molecule has 9 nitrogen and oxygen atoms in total. The molecule has 3 heterocycles. The molecule has 0 aromatic heterocycles. The summed E-state index contributed by atoms with van der Waals surface area (Å²) in [4.78, 5) is 32.3. The molecule has 3 N–H and O–H groups in total. The number of amides is 2. The van der Waals surface area contributed by atoms with Crippen molar-refractivity contribution in [2.75, 3.05) is 35.7 Å². The number of aryl methyl sites for hydroxylation is 1. The van der Waals surface area contributed by atoms with Crippen molar-refractivity contribution in [1.29, 1.82) is 0 Å². The number of carbonyl (C=O) groups excluding carboxylic acids is 2. The fraction of sp³-hybridized carbons (Fsp3) is 0.318. The Balaban J connectivity index is 1.32. The molecular weight excluding hydrogens is 430 g/mol. The number of aliphatic imine (C=N–C) groups is 1. The standard InChI is InChI=1S/C22H23N5O4S/c1-13-4-2-3-5-16(13)27-21(29)15-11-23-26-20(15)25-22(27)32-12-19(28)24-14-6-7-17-18(10-14)31-9-8-30-17/h2-7,10,15,20,23,26H,8-9,11-12H2,1H3,(H,24,28). The van der Waals surface area contributed by atoms with Gasteiger partial charge in [0.15, 0.2) is 16.7 Å². The van der Waals surface area contributed by atoms with Gasteiger partial charge in [0.05, 0.1) is 17.4 Å². The number of rotatable bonds is 4. The number of nitrogens with one attached hydrogen (secondary N) is 3. The van der Waals surface area contributed by atoms with Gasteiger partial charge >= 0.3 is 0 Å². The average molecular weight is 454 g/mol. The number of fused-ring (bicyclic) bond motifs is 2. The van der Waals surface area contributed by atoms with E-state index < -0.39 is 0 Å². The van der Waals surface area contributed by atoms with Crippen LogP contribution in [0, 0.1) is 12.8 Å². The molecule has 3 aliphatic rings. The van der Waals surface area contributed by atoms with E-state index in [-0.39, 0.29) is 29.7 Å². The summed E-state index contributed by atoms with van der Waals surface area (Å²) < 4.78 is 11.1. The van der Waals surface area contributed by atoms with Crippen molar-refractivity contribution >= 4 is 40.1 Å². The van der Waals surface area contributed by atoms with Crippen LogP contribution in [0.1, 0.15) is 5.56 Å². The van der Waals surface area contributed by atoms with E-state index in [9.17, 15) is 9.59 Å². The van der Waals surface area contributed by atoms with Gasteiger partial charge in [-0.1, -0.05) is 30.0 Å². The predicted octanol–water partition coefficient (Wildman–Crippen LogP) is 1.89. The maximum Gasteiger partial charge on any atom is 0.241 e. The third-order valence-corrected chi connectivity index (χ3v) is 6.40. The quantitative estimate of drug-likeness (QED) is 0.649. The second kappa shape index (κ2) is 8.81. The van der Waals surface area contributed by atoms with E-state index >= 15 is 0 Å². The van der Waals surface area contributed by atoms with E-state index in [0.29, 0.717) is 42.1 Å². The number of benzene rings is 2. The van der Waals surface area contributed by atoms with E-state index in [2.05, 4.69) is 16.2 Å². The lowest BCUT2D eigenvalue weighted by molar-refractivity contribution is -0.121. The van der Waals surface area contributed by atoms with Crippen molar-refractivity contribution < 1.29 is 19.1 Å². The van der Waals surface area contributed by atoms with Crippen molar-refractivity contribution in [2.45, 2.75) is 13.1 Å². The number of carbonyl (C=O) groups is 2. The zero-order chi connectivity index (χ0) is 22.1. The highest BCUT2D eigenvalue weighted by atomic mass is 32.2. The zero-order valence-corrected chi connectivity index (χ0v) is 18.3. The van der Waals surface area contributed by atoms with Crippen molar-refractivity contribution in [1.82, 2.24) is 10.9 Å². The number of hydrogen-bond acceptors (Lipinski definition) is 8. The number of nitrogens with zero attached hydrogens (tertiary/aromatic N) is 2. The molecule has 0 radical (unpaired) electrons.